The van der Waals surface area contributed by atoms with Crippen LogP contribution in [0.3, 0.4) is 0 Å². The van der Waals surface area contributed by atoms with Crippen LogP contribution in [0.5, 0.6) is 0 Å². The highest BCUT2D eigenvalue weighted by Crippen LogP contribution is 2.20. The predicted molar refractivity (Wildman–Crippen MR) is 84.4 cm³/mol. The molecule has 0 heterocycles. The minimum Gasteiger partial charge on any atom is -0.333 e. The number of nitrogens with zero attached hydrogens (tertiary/aromatic N) is 1. The average Bonchev–Trinajstić information content (AvgIpc) is 2.41. The predicted octanol–water partition coefficient (Wildman–Crippen LogP) is 2.98. The van der Waals surface area contributed by atoms with E-state index in [1.165, 1.54) is 11.0 Å². The van der Waals surface area contributed by atoms with Crippen LogP contribution in [0.2, 0.25) is 0 Å². The van der Waals surface area contributed by atoms with Crippen molar-refractivity contribution in [2.24, 2.45) is 0 Å². The first kappa shape index (κ1) is 16.2. The molecule has 20 heavy (non-hydrogen) atoms. The van der Waals surface area contributed by atoms with Gasteiger partial charge in [0.25, 0.3) is 0 Å². The lowest BCUT2D eigenvalue weighted by molar-refractivity contribution is -0.129. The summed E-state index contributed by atoms with van der Waals surface area (Å²) in [4.78, 5) is 24.9. The van der Waals surface area contributed by atoms with Crippen molar-refractivity contribution < 1.29 is 9.59 Å². The lowest BCUT2D eigenvalue weighted by Gasteiger charge is -2.15. The van der Waals surface area contributed by atoms with Gasteiger partial charge in [-0.3, -0.25) is 9.59 Å². The molecule has 1 N–H and O–H groups in total. The Labute approximate surface area is 127 Å². The van der Waals surface area contributed by atoms with E-state index in [4.69, 9.17) is 0 Å². The number of para-hydroxylation sites is 1. The summed E-state index contributed by atoms with van der Waals surface area (Å²) in [6.45, 7) is 1.87. The van der Waals surface area contributed by atoms with Crippen molar-refractivity contribution in [3.63, 3.8) is 0 Å². The maximum absolute atomic E-state index is 11.8. The Bertz CT molecular complexity index is 538. The van der Waals surface area contributed by atoms with Crippen LogP contribution in [0.4, 0.5) is 5.69 Å². The van der Waals surface area contributed by atoms with Crippen molar-refractivity contribution in [2.45, 2.75) is 6.92 Å². The van der Waals surface area contributed by atoms with Crippen molar-refractivity contribution in [3.05, 3.63) is 53.0 Å². The topological polar surface area (TPSA) is 49.4 Å². The summed E-state index contributed by atoms with van der Waals surface area (Å²) in [5, 5.41) is 2.75. The standard InChI is InChI=1S/C15H17BrN2O2/c1-3-4-5-10-15(20)18(2)11-14(19)17-13-9-7-6-8-12(13)16/h3-10H,11H2,1-2H3,(H,17,19)/b4-3+,10-5+. The molecule has 0 radical (unpaired) electrons. The van der Waals surface area contributed by atoms with E-state index < -0.39 is 0 Å². The van der Waals surface area contributed by atoms with Crippen molar-refractivity contribution in [2.75, 3.05) is 18.9 Å². The molecular weight excluding hydrogens is 320 g/mol. The number of rotatable bonds is 5. The summed E-state index contributed by atoms with van der Waals surface area (Å²) in [7, 11) is 1.59. The number of likely N-dealkylation sites (N-methyl/N-ethyl adjacent to an activating group) is 1. The Morgan fingerprint density at radius 3 is 2.65 bits per heavy atom. The first-order valence-electron chi connectivity index (χ1n) is 6.13. The molecule has 1 aromatic rings. The zero-order valence-electron chi connectivity index (χ0n) is 11.5. The molecule has 0 aliphatic heterocycles. The molecule has 0 fully saturated rings. The van der Waals surface area contributed by atoms with E-state index in [9.17, 15) is 9.59 Å². The largest absolute Gasteiger partial charge is 0.333 e. The molecule has 1 rings (SSSR count). The van der Waals surface area contributed by atoms with Crippen LogP contribution in [0.15, 0.2) is 53.0 Å². The van der Waals surface area contributed by atoms with Crippen LogP contribution in [0.25, 0.3) is 0 Å². The number of nitrogens with one attached hydrogen (secondary N) is 1. The highest BCUT2D eigenvalue weighted by Gasteiger charge is 2.11. The van der Waals surface area contributed by atoms with Gasteiger partial charge in [-0.15, -0.1) is 0 Å². The minimum absolute atomic E-state index is 0.000344. The maximum atomic E-state index is 11.8. The van der Waals surface area contributed by atoms with E-state index in [-0.39, 0.29) is 18.4 Å². The van der Waals surface area contributed by atoms with E-state index in [0.717, 1.165) is 4.47 Å². The van der Waals surface area contributed by atoms with Crippen LogP contribution < -0.4 is 5.32 Å². The monoisotopic (exact) mass is 336 g/mol. The van der Waals surface area contributed by atoms with Gasteiger partial charge in [0.2, 0.25) is 11.8 Å². The van der Waals surface area contributed by atoms with Crippen LogP contribution in [0, 0.1) is 0 Å². The molecule has 0 aromatic heterocycles. The first-order valence-corrected chi connectivity index (χ1v) is 6.92. The number of halogens is 1. The van der Waals surface area contributed by atoms with Crippen LogP contribution >= 0.6 is 15.9 Å². The molecule has 1 aromatic carbocycles. The summed E-state index contributed by atoms with van der Waals surface area (Å²) in [6.07, 6.45) is 6.65. The molecule has 4 nitrogen and oxygen atoms in total. The van der Waals surface area contributed by atoms with E-state index in [1.54, 1.807) is 25.3 Å². The Balaban J connectivity index is 2.54. The summed E-state index contributed by atoms with van der Waals surface area (Å²) in [6, 6.07) is 7.32. The quantitative estimate of drug-likeness (QED) is 0.663. The summed E-state index contributed by atoms with van der Waals surface area (Å²) in [5.41, 5.74) is 0.683. The molecule has 0 atom stereocenters. The molecule has 2 amide bonds. The van der Waals surface area contributed by atoms with Crippen molar-refractivity contribution in [3.8, 4) is 0 Å². The van der Waals surface area contributed by atoms with Gasteiger partial charge in [-0.1, -0.05) is 30.4 Å². The SMILES string of the molecule is C/C=C/C=C/C(=O)N(C)CC(=O)Nc1ccccc1Br. The van der Waals surface area contributed by atoms with Crippen LogP contribution in [-0.4, -0.2) is 30.3 Å². The van der Waals surface area contributed by atoms with E-state index in [2.05, 4.69) is 21.2 Å². The fourth-order valence-electron chi connectivity index (χ4n) is 1.42. The fourth-order valence-corrected chi connectivity index (χ4v) is 1.81. The third kappa shape index (κ3) is 5.40. The van der Waals surface area contributed by atoms with Crippen LogP contribution in [-0.2, 0) is 9.59 Å². The molecule has 5 heteroatoms. The Morgan fingerprint density at radius 1 is 1.30 bits per heavy atom. The number of carbonyl (C=O) groups is 2. The van der Waals surface area contributed by atoms with E-state index in [1.807, 2.05) is 31.2 Å². The number of allylic oxidation sites excluding steroid dienone is 3. The summed E-state index contributed by atoms with van der Waals surface area (Å²) < 4.78 is 0.801. The molecular formula is C15H17BrN2O2. The third-order valence-corrected chi connectivity index (χ3v) is 3.14. The molecule has 0 bridgehead atoms. The average molecular weight is 337 g/mol. The zero-order valence-corrected chi connectivity index (χ0v) is 13.1. The van der Waals surface area contributed by atoms with Gasteiger partial charge < -0.3 is 10.2 Å². The normalized spacial score (nSPS) is 10.9. The highest BCUT2D eigenvalue weighted by molar-refractivity contribution is 9.10. The molecule has 0 saturated heterocycles. The van der Waals surface area contributed by atoms with Gasteiger partial charge in [0.15, 0.2) is 0 Å². The minimum atomic E-state index is -0.243. The smallest absolute Gasteiger partial charge is 0.246 e. The molecule has 0 spiro atoms. The van der Waals surface area contributed by atoms with Gasteiger partial charge >= 0.3 is 0 Å². The molecule has 0 unspecified atom stereocenters. The van der Waals surface area contributed by atoms with Gasteiger partial charge in [-0.25, -0.2) is 0 Å². The Hall–Kier alpha value is -1.88. The van der Waals surface area contributed by atoms with Gasteiger partial charge in [-0.2, -0.15) is 0 Å². The first-order chi connectivity index (χ1) is 9.54. The lowest BCUT2D eigenvalue weighted by atomic mass is 10.3. The van der Waals surface area contributed by atoms with Crippen LogP contribution in [0.1, 0.15) is 6.92 Å². The Morgan fingerprint density at radius 2 is 2.00 bits per heavy atom. The summed E-state index contributed by atoms with van der Waals surface area (Å²) >= 11 is 3.35. The van der Waals surface area contributed by atoms with E-state index >= 15 is 0 Å². The number of hydrogen-bond donors (Lipinski definition) is 1. The third-order valence-electron chi connectivity index (χ3n) is 2.45. The Kier molecular flexibility index (Phi) is 6.73. The number of hydrogen-bond acceptors (Lipinski definition) is 2. The van der Waals surface area contributed by atoms with Gasteiger partial charge in [0.1, 0.15) is 0 Å². The maximum Gasteiger partial charge on any atom is 0.246 e. The van der Waals surface area contributed by atoms with Crippen molar-refractivity contribution in [1.82, 2.24) is 4.90 Å². The second kappa shape index (κ2) is 8.32. The van der Waals surface area contributed by atoms with Crippen molar-refractivity contribution >= 4 is 33.4 Å². The zero-order chi connectivity index (χ0) is 15.0. The molecule has 106 valence electrons. The van der Waals surface area contributed by atoms with E-state index in [0.29, 0.717) is 5.69 Å². The van der Waals surface area contributed by atoms with Gasteiger partial charge in [0, 0.05) is 17.6 Å². The molecule has 0 aliphatic carbocycles. The number of anilines is 1. The summed E-state index contributed by atoms with van der Waals surface area (Å²) in [5.74, 6) is -0.461. The highest BCUT2D eigenvalue weighted by atomic mass is 79.9. The second-order valence-corrected chi connectivity index (χ2v) is 4.96. The fraction of sp³-hybridized carbons (Fsp3) is 0.200. The van der Waals surface area contributed by atoms with Crippen molar-refractivity contribution in [1.29, 1.82) is 0 Å². The number of benzene rings is 1. The molecule has 0 saturated carbocycles. The second-order valence-electron chi connectivity index (χ2n) is 4.11. The molecule has 0 aliphatic rings. The number of amides is 2. The lowest BCUT2D eigenvalue weighted by Crippen LogP contribution is -2.33. The van der Waals surface area contributed by atoms with Gasteiger partial charge in [0.05, 0.1) is 12.2 Å². The van der Waals surface area contributed by atoms with Gasteiger partial charge in [-0.05, 0) is 35.0 Å². The number of carbonyl (C=O) groups excluding carboxylic acids is 2.